The maximum absolute atomic E-state index is 12.9. The number of halogens is 9. The Labute approximate surface area is 94.9 Å². The Balaban J connectivity index is -0.0000000516. The molecule has 0 heterocycles. The van der Waals surface area contributed by atoms with E-state index in [-0.39, 0.29) is 0 Å². The molecule has 1 aliphatic rings. The molecule has 1 fully saturated rings. The summed E-state index contributed by atoms with van der Waals surface area (Å²) in [6.07, 6.45) is -1.82. The SMILES string of the molecule is CC1(F)C(F)(F)C(F)(F)[CH-]C(F)(F)C1(F)F.[CH-]=O.[Rf].[Rf].[Rf].[Rf].[Rf].[Rf].[Rf]. The maximum Gasteiger partial charge on any atom is 0.320 e. The third-order valence-electron chi connectivity index (χ3n) is 2.38. The van der Waals surface area contributed by atoms with Crippen molar-refractivity contribution in [2.24, 2.45) is 0 Å². The minimum absolute atomic E-state index is 0. The number of hydrogen-bond donors (Lipinski definition) is 0. The molecule has 0 aromatic carbocycles. The van der Waals surface area contributed by atoms with Crippen LogP contribution in [0.5, 0.6) is 0 Å². The fourth-order valence-electron chi connectivity index (χ4n) is 1.23. The topological polar surface area (TPSA) is 17.1 Å². The van der Waals surface area contributed by atoms with Crippen LogP contribution in [-0.2, 0) is 4.79 Å². The summed E-state index contributed by atoms with van der Waals surface area (Å²) in [5, 5.41) is 0. The van der Waals surface area contributed by atoms with Gasteiger partial charge in [-0.05, 0) is 6.92 Å². The summed E-state index contributed by atoms with van der Waals surface area (Å²) < 4.78 is 113. The number of alkyl halides is 9. The van der Waals surface area contributed by atoms with Crippen LogP contribution in [0.1, 0.15) is 6.92 Å². The molecule has 0 aliphatic heterocycles. The molecule has 1 nitrogen and oxygen atoms in total. The minimum Gasteiger partial charge on any atom is -0.545 e. The smallest absolute Gasteiger partial charge is 0.320 e. The van der Waals surface area contributed by atoms with Crippen LogP contribution in [0.2, 0.25) is 0 Å². The van der Waals surface area contributed by atoms with Crippen LogP contribution in [0, 0.1) is 6.42 Å². The Bertz CT molecular complexity index is 316. The van der Waals surface area contributed by atoms with Crippen molar-refractivity contribution in [1.29, 1.82) is 0 Å². The van der Waals surface area contributed by atoms with Gasteiger partial charge in [-0.2, -0.15) is 24.0 Å². The molecule has 122 valence electrons. The van der Waals surface area contributed by atoms with E-state index in [0.717, 1.165) is 0 Å². The van der Waals surface area contributed by atoms with Crippen molar-refractivity contribution < 1.29 is 44.3 Å². The molecular weight excluding hydrogens is 2150 g/mol. The average Bonchev–Trinajstić information content (AvgIpc) is 2.16. The van der Waals surface area contributed by atoms with Crippen molar-refractivity contribution in [1.82, 2.24) is 0 Å². The Morgan fingerprint density at radius 1 is 0.560 bits per heavy atom. The second-order valence-electron chi connectivity index (χ2n) is 3.54. The predicted molar refractivity (Wildman–Crippen MR) is 40.4 cm³/mol. The van der Waals surface area contributed by atoms with Gasteiger partial charge in [0, 0.05) is 0 Å². The molecule has 0 aromatic rings. The fourth-order valence-corrected chi connectivity index (χ4v) is 1.23. The Morgan fingerprint density at radius 3 is 0.880 bits per heavy atom. The van der Waals surface area contributed by atoms with E-state index >= 15 is 0 Å². The fraction of sp³-hybridized carbons (Fsp3) is 0.750. The molecule has 0 aromatic heterocycles. The third kappa shape index (κ3) is 2.73. The molecule has 25 heavy (non-hydrogen) atoms. The molecule has 1 saturated carbocycles. The molecular formula is C8H5F9ORf7-2. The van der Waals surface area contributed by atoms with Crippen molar-refractivity contribution in [3.05, 3.63) is 6.42 Å². The second-order valence-corrected chi connectivity index (χ2v) is 3.54. The molecule has 0 bridgehead atoms. The van der Waals surface area contributed by atoms with Gasteiger partial charge in [-0.1, -0.05) is 0 Å². The van der Waals surface area contributed by atoms with Gasteiger partial charge in [0.1, 0.15) is 0 Å². The van der Waals surface area contributed by atoms with Crippen LogP contribution >= 0.6 is 0 Å². The number of hydrogen-bond acceptors (Lipinski definition) is 1. The predicted octanol–water partition coefficient (Wildman–Crippen LogP) is 3.20. The van der Waals surface area contributed by atoms with Crippen molar-refractivity contribution >= 4 is 6.79 Å². The van der Waals surface area contributed by atoms with Gasteiger partial charge in [-0.15, -0.1) is 0 Å². The summed E-state index contributed by atoms with van der Waals surface area (Å²) in [6.45, 7) is 2.57. The van der Waals surface area contributed by atoms with E-state index < -0.39 is 42.7 Å². The average molecular weight is 2160 g/mol. The molecule has 0 spiro atoms. The van der Waals surface area contributed by atoms with Gasteiger partial charge in [-0.3, -0.25) is 6.79 Å². The Morgan fingerprint density at radius 2 is 0.720 bits per heavy atom. The van der Waals surface area contributed by atoms with Crippen LogP contribution in [0.25, 0.3) is 0 Å². The van der Waals surface area contributed by atoms with E-state index in [4.69, 9.17) is 4.79 Å². The molecule has 0 N–H and O–H groups in total. The molecule has 17 heteroatoms. The molecule has 0 radical (unpaired) electrons. The van der Waals surface area contributed by atoms with Crippen LogP contribution in [-0.4, -0.2) is 36.1 Å². The molecule has 0 saturated heterocycles. The zero-order chi connectivity index (χ0) is 15.2. The maximum atomic E-state index is 12.9. The molecule has 1 rings (SSSR count). The summed E-state index contributed by atoms with van der Waals surface area (Å²) in [5.41, 5.74) is -5.36. The molecule has 0 atom stereocenters. The Kier molecular flexibility index (Phi) is 14.7. The van der Waals surface area contributed by atoms with Gasteiger partial charge in [0.15, 0.2) is 0 Å². The van der Waals surface area contributed by atoms with Crippen LogP contribution < -0.4 is 0 Å². The van der Waals surface area contributed by atoms with E-state index in [1.807, 2.05) is 0 Å². The van der Waals surface area contributed by atoms with E-state index in [2.05, 4.69) is 6.79 Å². The molecule has 1 aliphatic carbocycles. The normalized spacial score (nSPS) is 21.5. The second kappa shape index (κ2) is 6.83. The number of rotatable bonds is 0. The summed E-state index contributed by atoms with van der Waals surface area (Å²) in [6, 6.07) is 0. The van der Waals surface area contributed by atoms with Gasteiger partial charge in [0.2, 0.25) is 17.5 Å². The van der Waals surface area contributed by atoms with Crippen molar-refractivity contribution in [2.75, 3.05) is 0 Å². The standard InChI is InChI=1S/C7H4F9.CHO.7Rf/c1-3(8)6(13,14)4(9,10)2-5(11,12)7(3,15)16;1-2;;;;;;;/h2H,1H3;1H;;;;;;;/q2*-1;;;;;;;. The third-order valence-corrected chi connectivity index (χ3v) is 2.38. The van der Waals surface area contributed by atoms with E-state index in [1.165, 1.54) is 0 Å². The van der Waals surface area contributed by atoms with Gasteiger partial charge in [0.05, 0.1) is 0 Å². The minimum atomic E-state index is -5.93. The summed E-state index contributed by atoms with van der Waals surface area (Å²) in [4.78, 5) is 7.75. The largest absolute Gasteiger partial charge is 0.545 e. The Hall–Kier alpha value is -7.96. The van der Waals surface area contributed by atoms with E-state index in [0.29, 0.717) is 0 Å². The van der Waals surface area contributed by atoms with Gasteiger partial charge in [-0.25, -0.2) is 22.0 Å². The first-order valence-electron chi connectivity index (χ1n) is 4.01. The molecule has 0 unspecified atom stereocenters. The first-order valence-corrected chi connectivity index (χ1v) is 4.01. The zero-order valence-corrected chi connectivity index (χ0v) is 58.2. The first-order chi connectivity index (χ1) is 7.71. The van der Waals surface area contributed by atoms with Crippen LogP contribution in [0.4, 0.5) is 39.5 Å². The van der Waals surface area contributed by atoms with Crippen molar-refractivity contribution in [2.45, 2.75) is 36.3 Å². The molecule has 0 amide bonds. The van der Waals surface area contributed by atoms with Crippen LogP contribution in [0.15, 0.2) is 0 Å². The number of carbonyl (C=O) groups excluding carboxylic acids is 1. The van der Waals surface area contributed by atoms with Gasteiger partial charge >= 0.3 is 11.8 Å². The quantitative estimate of drug-likeness (QED) is 0.207. The van der Waals surface area contributed by atoms with E-state index in [9.17, 15) is 39.5 Å². The first kappa shape index (κ1) is 53.6. The van der Waals surface area contributed by atoms with Gasteiger partial charge in [0.25, 0.3) is 0 Å². The summed E-state index contributed by atoms with van der Waals surface area (Å²) in [5.74, 6) is -23.2. The van der Waals surface area contributed by atoms with Gasteiger partial charge < -0.3 is 4.79 Å². The van der Waals surface area contributed by atoms with Crippen LogP contribution in [0.3, 0.4) is 0 Å². The summed E-state index contributed by atoms with van der Waals surface area (Å²) >= 11 is 0. The monoisotopic (exact) mass is 2160 g/mol. The summed E-state index contributed by atoms with van der Waals surface area (Å²) in [7, 11) is 0. The zero-order valence-electron chi connectivity index (χ0n) is 13.4. The van der Waals surface area contributed by atoms with Crippen molar-refractivity contribution in [3.63, 3.8) is 0 Å². The van der Waals surface area contributed by atoms with E-state index in [1.54, 1.807) is 0 Å². The van der Waals surface area contributed by atoms with Crippen molar-refractivity contribution in [3.8, 4) is 0 Å².